The lowest BCUT2D eigenvalue weighted by atomic mass is 10.3. The Morgan fingerprint density at radius 3 is 2.43 bits per heavy atom. The van der Waals surface area contributed by atoms with Crippen LogP contribution in [-0.2, 0) is 4.79 Å². The minimum Gasteiger partial charge on any atom is -0.480 e. The second kappa shape index (κ2) is 5.50. The smallest absolute Gasteiger partial charge is 0.390 e. The third kappa shape index (κ3) is 7.43. The summed E-state index contributed by atoms with van der Waals surface area (Å²) in [5.41, 5.74) is 0. The molecule has 0 atom stereocenters. The molecule has 80 valence electrons. The Morgan fingerprint density at radius 2 is 2.07 bits per heavy atom. The SMILES string of the molecule is C#CCN(CCC(F)(F)F)CC(=O)O. The summed E-state index contributed by atoms with van der Waals surface area (Å²) in [6.45, 7) is -0.956. The number of halogens is 3. The molecule has 6 heteroatoms. The molecule has 0 heterocycles. The van der Waals surface area contributed by atoms with E-state index in [0.29, 0.717) is 0 Å². The molecular weight excluding hydrogens is 199 g/mol. The number of alkyl halides is 3. The van der Waals surface area contributed by atoms with Gasteiger partial charge in [-0.2, -0.15) is 13.2 Å². The van der Waals surface area contributed by atoms with Crippen LogP contribution in [0.15, 0.2) is 0 Å². The van der Waals surface area contributed by atoms with Gasteiger partial charge in [-0.15, -0.1) is 6.42 Å². The third-order valence-corrected chi connectivity index (χ3v) is 1.39. The van der Waals surface area contributed by atoms with Crippen molar-refractivity contribution in [1.29, 1.82) is 0 Å². The molecule has 0 saturated carbocycles. The molecule has 0 aromatic heterocycles. The van der Waals surface area contributed by atoms with Gasteiger partial charge in [-0.1, -0.05) is 5.92 Å². The van der Waals surface area contributed by atoms with Gasteiger partial charge in [0.25, 0.3) is 0 Å². The van der Waals surface area contributed by atoms with Crippen molar-refractivity contribution in [1.82, 2.24) is 4.90 Å². The molecule has 0 aliphatic rings. The Morgan fingerprint density at radius 1 is 1.50 bits per heavy atom. The fourth-order valence-electron chi connectivity index (χ4n) is 0.819. The highest BCUT2D eigenvalue weighted by Crippen LogP contribution is 2.19. The number of rotatable bonds is 5. The molecule has 0 unspecified atom stereocenters. The highest BCUT2D eigenvalue weighted by atomic mass is 19.4. The standard InChI is InChI=1S/C8H10F3NO2/c1-2-4-12(6-7(13)14)5-3-8(9,10)11/h1H,3-6H2,(H,13,14). The van der Waals surface area contributed by atoms with E-state index in [-0.39, 0.29) is 13.1 Å². The zero-order valence-electron chi connectivity index (χ0n) is 7.34. The second-order valence-corrected chi connectivity index (χ2v) is 2.67. The van der Waals surface area contributed by atoms with Crippen molar-refractivity contribution in [3.8, 4) is 12.3 Å². The van der Waals surface area contributed by atoms with Crippen molar-refractivity contribution in [2.24, 2.45) is 0 Å². The van der Waals surface area contributed by atoms with Crippen LogP contribution in [0.1, 0.15) is 6.42 Å². The first-order valence-electron chi connectivity index (χ1n) is 3.79. The van der Waals surface area contributed by atoms with Gasteiger partial charge >= 0.3 is 12.1 Å². The van der Waals surface area contributed by atoms with Crippen molar-refractivity contribution in [3.63, 3.8) is 0 Å². The van der Waals surface area contributed by atoms with E-state index in [1.54, 1.807) is 0 Å². The molecule has 14 heavy (non-hydrogen) atoms. The zero-order chi connectivity index (χ0) is 11.2. The van der Waals surface area contributed by atoms with Crippen LogP contribution < -0.4 is 0 Å². The summed E-state index contributed by atoms with van der Waals surface area (Å²) < 4.78 is 35.3. The van der Waals surface area contributed by atoms with E-state index >= 15 is 0 Å². The Kier molecular flexibility index (Phi) is 5.02. The topological polar surface area (TPSA) is 40.5 Å². The lowest BCUT2D eigenvalue weighted by molar-refractivity contribution is -0.144. The van der Waals surface area contributed by atoms with Gasteiger partial charge in [-0.3, -0.25) is 9.69 Å². The van der Waals surface area contributed by atoms with Crippen molar-refractivity contribution < 1.29 is 23.1 Å². The monoisotopic (exact) mass is 209 g/mol. The first kappa shape index (κ1) is 12.8. The highest BCUT2D eigenvalue weighted by molar-refractivity contribution is 5.69. The maximum Gasteiger partial charge on any atom is 0.390 e. The molecule has 0 aliphatic heterocycles. The average Bonchev–Trinajstić information content (AvgIpc) is 1.98. The molecule has 0 bridgehead atoms. The van der Waals surface area contributed by atoms with E-state index in [2.05, 4.69) is 5.92 Å². The highest BCUT2D eigenvalue weighted by Gasteiger charge is 2.27. The van der Waals surface area contributed by atoms with E-state index in [0.717, 1.165) is 4.90 Å². The number of carbonyl (C=O) groups is 1. The molecule has 0 saturated heterocycles. The maximum absolute atomic E-state index is 11.8. The molecule has 0 fully saturated rings. The number of carboxylic acid groups (broad SMARTS) is 1. The molecule has 0 aromatic rings. The Balaban J connectivity index is 3.98. The van der Waals surface area contributed by atoms with E-state index < -0.39 is 25.1 Å². The third-order valence-electron chi connectivity index (χ3n) is 1.39. The summed E-state index contributed by atoms with van der Waals surface area (Å²) in [5.74, 6) is 0.912. The summed E-state index contributed by atoms with van der Waals surface area (Å²) in [4.78, 5) is 11.3. The predicted molar refractivity (Wildman–Crippen MR) is 43.6 cm³/mol. The minimum atomic E-state index is -4.29. The predicted octanol–water partition coefficient (Wildman–Crippen LogP) is 0.959. The summed E-state index contributed by atoms with van der Waals surface area (Å²) in [5, 5.41) is 8.35. The van der Waals surface area contributed by atoms with Crippen LogP contribution in [-0.4, -0.2) is 41.8 Å². The molecular formula is C8H10F3NO2. The first-order chi connectivity index (χ1) is 6.35. The van der Waals surface area contributed by atoms with Crippen LogP contribution in [0.5, 0.6) is 0 Å². The average molecular weight is 209 g/mol. The largest absolute Gasteiger partial charge is 0.480 e. The maximum atomic E-state index is 11.8. The summed E-state index contributed by atoms with van der Waals surface area (Å²) in [6.07, 6.45) is -0.461. The molecule has 0 amide bonds. The van der Waals surface area contributed by atoms with Crippen LogP contribution in [0.25, 0.3) is 0 Å². The van der Waals surface area contributed by atoms with E-state index in [1.807, 2.05) is 0 Å². The van der Waals surface area contributed by atoms with Gasteiger partial charge in [0.1, 0.15) is 0 Å². The number of carboxylic acids is 1. The zero-order valence-corrected chi connectivity index (χ0v) is 7.34. The van der Waals surface area contributed by atoms with Crippen LogP contribution in [0.3, 0.4) is 0 Å². The van der Waals surface area contributed by atoms with Crippen molar-refractivity contribution >= 4 is 5.97 Å². The van der Waals surface area contributed by atoms with Crippen LogP contribution in [0.2, 0.25) is 0 Å². The van der Waals surface area contributed by atoms with Gasteiger partial charge < -0.3 is 5.11 Å². The Labute approximate surface area is 79.5 Å². The minimum absolute atomic E-state index is 0.0949. The first-order valence-corrected chi connectivity index (χ1v) is 3.79. The number of terminal acetylenes is 1. The quantitative estimate of drug-likeness (QED) is 0.685. The molecule has 3 nitrogen and oxygen atoms in total. The normalized spacial score (nSPS) is 11.4. The van der Waals surface area contributed by atoms with E-state index in [1.165, 1.54) is 0 Å². The van der Waals surface area contributed by atoms with Crippen LogP contribution in [0.4, 0.5) is 13.2 Å². The lowest BCUT2D eigenvalue weighted by Gasteiger charge is -2.17. The molecule has 0 rings (SSSR count). The lowest BCUT2D eigenvalue weighted by Crippen LogP contribution is -2.33. The molecule has 0 radical (unpaired) electrons. The van der Waals surface area contributed by atoms with Gasteiger partial charge in [0, 0.05) is 6.54 Å². The number of nitrogens with zero attached hydrogens (tertiary/aromatic N) is 1. The Hall–Kier alpha value is -1.22. The molecule has 0 spiro atoms. The van der Waals surface area contributed by atoms with Crippen LogP contribution >= 0.6 is 0 Å². The van der Waals surface area contributed by atoms with Gasteiger partial charge in [-0.25, -0.2) is 0 Å². The van der Waals surface area contributed by atoms with E-state index in [9.17, 15) is 18.0 Å². The van der Waals surface area contributed by atoms with Gasteiger partial charge in [0.15, 0.2) is 0 Å². The van der Waals surface area contributed by atoms with Gasteiger partial charge in [-0.05, 0) is 0 Å². The van der Waals surface area contributed by atoms with Crippen molar-refractivity contribution in [2.45, 2.75) is 12.6 Å². The number of hydrogen-bond donors (Lipinski definition) is 1. The summed E-state index contributed by atoms with van der Waals surface area (Å²) in [7, 11) is 0. The molecule has 1 N–H and O–H groups in total. The Bertz CT molecular complexity index is 232. The summed E-state index contributed by atoms with van der Waals surface area (Å²) in [6, 6.07) is 0. The van der Waals surface area contributed by atoms with E-state index in [4.69, 9.17) is 11.5 Å². The number of aliphatic carboxylic acids is 1. The number of hydrogen-bond acceptors (Lipinski definition) is 2. The fraction of sp³-hybridized carbons (Fsp3) is 0.625. The van der Waals surface area contributed by atoms with Gasteiger partial charge in [0.2, 0.25) is 0 Å². The molecule has 0 aromatic carbocycles. The summed E-state index contributed by atoms with van der Waals surface area (Å²) >= 11 is 0. The molecule has 0 aliphatic carbocycles. The second-order valence-electron chi connectivity index (χ2n) is 2.67. The van der Waals surface area contributed by atoms with Crippen LogP contribution in [0, 0.1) is 12.3 Å². The van der Waals surface area contributed by atoms with Crippen molar-refractivity contribution in [3.05, 3.63) is 0 Å². The fourth-order valence-corrected chi connectivity index (χ4v) is 0.819. The van der Waals surface area contributed by atoms with Crippen molar-refractivity contribution in [2.75, 3.05) is 19.6 Å². The van der Waals surface area contributed by atoms with Gasteiger partial charge in [0.05, 0.1) is 19.5 Å².